The number of carbonyl (C=O) groups is 1. The zero-order valence-electron chi connectivity index (χ0n) is 11.2. The molecule has 0 aromatic carbocycles. The Morgan fingerprint density at radius 2 is 2.37 bits per heavy atom. The fraction of sp³-hybridized carbons (Fsp3) is 0.417. The Morgan fingerprint density at radius 3 is 2.89 bits per heavy atom. The molecule has 1 unspecified atom stereocenters. The molecule has 0 aliphatic carbocycles. The molecule has 2 aromatic heterocycles. The number of carbonyl (C=O) groups excluding carboxylic acids is 1. The van der Waals surface area contributed by atoms with E-state index in [9.17, 15) is 4.79 Å². The number of nitrogens with one attached hydrogen (secondary N) is 1. The van der Waals surface area contributed by atoms with Gasteiger partial charge in [0.15, 0.2) is 0 Å². The van der Waals surface area contributed by atoms with E-state index in [0.717, 1.165) is 5.01 Å². The second kappa shape index (κ2) is 5.40. The highest BCUT2D eigenvalue weighted by atomic mass is 32.1. The first kappa shape index (κ1) is 13.5. The van der Waals surface area contributed by atoms with Crippen LogP contribution in [0, 0.1) is 6.92 Å². The summed E-state index contributed by atoms with van der Waals surface area (Å²) in [5.74, 6) is -0.0245. The molecule has 2 rings (SSSR count). The van der Waals surface area contributed by atoms with Crippen LogP contribution in [0.3, 0.4) is 0 Å². The summed E-state index contributed by atoms with van der Waals surface area (Å²) in [4.78, 5) is 16.3. The second-order valence-electron chi connectivity index (χ2n) is 4.45. The van der Waals surface area contributed by atoms with Gasteiger partial charge in [-0.2, -0.15) is 5.10 Å². The molecular weight excluding hydrogens is 262 g/mol. The van der Waals surface area contributed by atoms with Crippen LogP contribution in [0.1, 0.15) is 34.0 Å². The molecule has 0 saturated heterocycles. The predicted molar refractivity (Wildman–Crippen MR) is 75.2 cm³/mol. The van der Waals surface area contributed by atoms with Gasteiger partial charge in [0.25, 0.3) is 5.91 Å². The minimum absolute atomic E-state index is 0.180. The largest absolute Gasteiger partial charge is 0.395 e. The van der Waals surface area contributed by atoms with Gasteiger partial charge in [0.05, 0.1) is 16.4 Å². The minimum Gasteiger partial charge on any atom is -0.395 e. The normalized spacial score (nSPS) is 12.4. The van der Waals surface area contributed by atoms with Gasteiger partial charge in [-0.05, 0) is 6.92 Å². The molecule has 1 amide bonds. The molecule has 3 N–H and O–H groups in total. The lowest BCUT2D eigenvalue weighted by molar-refractivity contribution is 0.0943. The maximum atomic E-state index is 12.1. The molecule has 2 aromatic rings. The molecule has 0 spiro atoms. The SMILES string of the molecule is Cc1nn(C)c(C(=O)NCC(C)c2nccs2)c1N. The van der Waals surface area contributed by atoms with Gasteiger partial charge < -0.3 is 11.1 Å². The van der Waals surface area contributed by atoms with Crippen molar-refractivity contribution in [3.05, 3.63) is 28.0 Å². The van der Waals surface area contributed by atoms with Gasteiger partial charge in [-0.15, -0.1) is 11.3 Å². The summed E-state index contributed by atoms with van der Waals surface area (Å²) in [6.45, 7) is 4.33. The van der Waals surface area contributed by atoms with Crippen LogP contribution < -0.4 is 11.1 Å². The first-order valence-corrected chi connectivity index (χ1v) is 6.85. The summed E-state index contributed by atoms with van der Waals surface area (Å²) < 4.78 is 1.51. The summed E-state index contributed by atoms with van der Waals surface area (Å²) in [5, 5.41) is 9.93. The number of thiazole rings is 1. The molecule has 0 fully saturated rings. The molecule has 6 nitrogen and oxygen atoms in total. The van der Waals surface area contributed by atoms with Crippen LogP contribution in [0.4, 0.5) is 5.69 Å². The third-order valence-corrected chi connectivity index (χ3v) is 3.93. The van der Waals surface area contributed by atoms with Crippen molar-refractivity contribution in [1.82, 2.24) is 20.1 Å². The van der Waals surface area contributed by atoms with E-state index in [1.807, 2.05) is 12.3 Å². The van der Waals surface area contributed by atoms with E-state index in [1.165, 1.54) is 4.68 Å². The third-order valence-electron chi connectivity index (χ3n) is 2.93. The van der Waals surface area contributed by atoms with Crippen molar-refractivity contribution in [2.45, 2.75) is 19.8 Å². The number of hydrogen-bond donors (Lipinski definition) is 2. The summed E-state index contributed by atoms with van der Waals surface area (Å²) in [5.41, 5.74) is 7.36. The van der Waals surface area contributed by atoms with Gasteiger partial charge in [-0.1, -0.05) is 6.92 Å². The quantitative estimate of drug-likeness (QED) is 0.883. The fourth-order valence-corrected chi connectivity index (χ4v) is 2.54. The van der Waals surface area contributed by atoms with E-state index < -0.39 is 0 Å². The summed E-state index contributed by atoms with van der Waals surface area (Å²) >= 11 is 1.58. The number of hydrogen-bond acceptors (Lipinski definition) is 5. The fourth-order valence-electron chi connectivity index (χ4n) is 1.84. The average molecular weight is 279 g/mol. The number of aryl methyl sites for hydroxylation is 2. The lowest BCUT2D eigenvalue weighted by atomic mass is 10.2. The van der Waals surface area contributed by atoms with Gasteiger partial charge in [0.2, 0.25) is 0 Å². The number of nitrogen functional groups attached to an aromatic ring is 1. The topological polar surface area (TPSA) is 85.8 Å². The smallest absolute Gasteiger partial charge is 0.271 e. The number of nitrogens with two attached hydrogens (primary N) is 1. The van der Waals surface area contributed by atoms with Crippen LogP contribution in [-0.4, -0.2) is 27.2 Å². The Labute approximate surface area is 115 Å². The molecule has 0 aliphatic heterocycles. The number of nitrogens with zero attached hydrogens (tertiary/aromatic N) is 3. The number of anilines is 1. The highest BCUT2D eigenvalue weighted by Gasteiger charge is 2.18. The van der Waals surface area contributed by atoms with E-state index in [4.69, 9.17) is 5.73 Å². The molecule has 0 radical (unpaired) electrons. The van der Waals surface area contributed by atoms with Crippen molar-refractivity contribution >= 4 is 22.9 Å². The third kappa shape index (κ3) is 2.76. The Balaban J connectivity index is 2.02. The van der Waals surface area contributed by atoms with E-state index in [-0.39, 0.29) is 11.8 Å². The van der Waals surface area contributed by atoms with Gasteiger partial charge >= 0.3 is 0 Å². The zero-order chi connectivity index (χ0) is 14.0. The van der Waals surface area contributed by atoms with Crippen LogP contribution in [0.2, 0.25) is 0 Å². The van der Waals surface area contributed by atoms with Crippen molar-refractivity contribution in [3.8, 4) is 0 Å². The molecule has 1 atom stereocenters. The predicted octanol–water partition coefficient (Wildman–Crippen LogP) is 1.30. The molecule has 0 saturated carbocycles. The van der Waals surface area contributed by atoms with Crippen molar-refractivity contribution in [2.24, 2.45) is 7.05 Å². The van der Waals surface area contributed by atoms with E-state index in [0.29, 0.717) is 23.6 Å². The van der Waals surface area contributed by atoms with Crippen molar-refractivity contribution in [3.63, 3.8) is 0 Å². The van der Waals surface area contributed by atoms with Crippen molar-refractivity contribution in [1.29, 1.82) is 0 Å². The standard InChI is InChI=1S/C12H17N5OS/c1-7(12-14-4-5-19-12)6-15-11(18)10-9(13)8(2)16-17(10)3/h4-5,7H,6,13H2,1-3H3,(H,15,18). The van der Waals surface area contributed by atoms with E-state index >= 15 is 0 Å². The zero-order valence-corrected chi connectivity index (χ0v) is 12.0. The Hall–Kier alpha value is -1.89. The molecule has 7 heteroatoms. The maximum Gasteiger partial charge on any atom is 0.271 e. The lowest BCUT2D eigenvalue weighted by Crippen LogP contribution is -2.29. The molecule has 0 bridgehead atoms. The molecular formula is C12H17N5OS. The second-order valence-corrected chi connectivity index (χ2v) is 5.38. The van der Waals surface area contributed by atoms with Crippen LogP contribution in [0.15, 0.2) is 11.6 Å². The van der Waals surface area contributed by atoms with Crippen molar-refractivity contribution in [2.75, 3.05) is 12.3 Å². The molecule has 0 aliphatic rings. The van der Waals surface area contributed by atoms with E-state index in [2.05, 4.69) is 15.4 Å². The van der Waals surface area contributed by atoms with Crippen LogP contribution in [0.5, 0.6) is 0 Å². The maximum absolute atomic E-state index is 12.1. The number of rotatable bonds is 4. The van der Waals surface area contributed by atoms with Gasteiger partial charge in [-0.3, -0.25) is 9.48 Å². The van der Waals surface area contributed by atoms with Crippen LogP contribution in [-0.2, 0) is 7.05 Å². The highest BCUT2D eigenvalue weighted by molar-refractivity contribution is 7.09. The number of amides is 1. The first-order valence-electron chi connectivity index (χ1n) is 5.97. The lowest BCUT2D eigenvalue weighted by Gasteiger charge is -2.10. The molecule has 102 valence electrons. The number of aromatic nitrogens is 3. The highest BCUT2D eigenvalue weighted by Crippen LogP contribution is 2.18. The Bertz CT molecular complexity index is 575. The summed E-state index contributed by atoms with van der Waals surface area (Å²) in [6.07, 6.45) is 1.76. The van der Waals surface area contributed by atoms with Gasteiger partial charge in [-0.25, -0.2) is 4.98 Å². The average Bonchev–Trinajstić information content (AvgIpc) is 2.96. The van der Waals surface area contributed by atoms with Crippen LogP contribution in [0.25, 0.3) is 0 Å². The molecule has 19 heavy (non-hydrogen) atoms. The van der Waals surface area contributed by atoms with Crippen molar-refractivity contribution < 1.29 is 4.79 Å². The summed E-state index contributed by atoms with van der Waals surface area (Å²) in [7, 11) is 1.71. The van der Waals surface area contributed by atoms with Gasteiger partial charge in [0.1, 0.15) is 5.69 Å². The first-order chi connectivity index (χ1) is 9.00. The minimum atomic E-state index is -0.205. The van der Waals surface area contributed by atoms with E-state index in [1.54, 1.807) is 31.5 Å². The monoisotopic (exact) mass is 279 g/mol. The molecule has 2 heterocycles. The Kier molecular flexibility index (Phi) is 3.84. The van der Waals surface area contributed by atoms with Crippen LogP contribution >= 0.6 is 11.3 Å². The Morgan fingerprint density at radius 1 is 1.63 bits per heavy atom. The summed E-state index contributed by atoms with van der Waals surface area (Å²) in [6, 6.07) is 0. The van der Waals surface area contributed by atoms with Gasteiger partial charge in [0, 0.05) is 31.1 Å².